The molecule has 0 aliphatic rings. The van der Waals surface area contributed by atoms with Gasteiger partial charge in [-0.3, -0.25) is 0 Å². The standard InChI is InChI=1S/C11H16ClNO3S/c1-4-8(2)13-17(14,15)11-7-9(12)5-6-10(11)16-3/h5-8,13H,4H2,1-3H3/t8-/m0/s1. The molecule has 0 bridgehead atoms. The van der Waals surface area contributed by atoms with Crippen LogP contribution in [0.2, 0.25) is 5.02 Å². The zero-order chi connectivity index (χ0) is 13.1. The van der Waals surface area contributed by atoms with E-state index < -0.39 is 10.0 Å². The fourth-order valence-electron chi connectivity index (χ4n) is 1.27. The number of hydrogen-bond donors (Lipinski definition) is 1. The monoisotopic (exact) mass is 277 g/mol. The molecule has 0 unspecified atom stereocenters. The highest BCUT2D eigenvalue weighted by molar-refractivity contribution is 7.89. The van der Waals surface area contributed by atoms with E-state index >= 15 is 0 Å². The van der Waals surface area contributed by atoms with Crippen molar-refractivity contribution in [1.29, 1.82) is 0 Å². The van der Waals surface area contributed by atoms with E-state index in [0.29, 0.717) is 11.4 Å². The van der Waals surface area contributed by atoms with Crippen molar-refractivity contribution in [2.24, 2.45) is 0 Å². The molecule has 1 aromatic carbocycles. The van der Waals surface area contributed by atoms with Gasteiger partial charge in [-0.15, -0.1) is 0 Å². The van der Waals surface area contributed by atoms with Crippen LogP contribution in [0.4, 0.5) is 0 Å². The third-order valence-electron chi connectivity index (χ3n) is 2.38. The Morgan fingerprint density at radius 2 is 2.12 bits per heavy atom. The number of halogens is 1. The molecule has 0 saturated carbocycles. The Morgan fingerprint density at radius 1 is 1.47 bits per heavy atom. The second kappa shape index (κ2) is 5.71. The Balaban J connectivity index is 3.18. The average molecular weight is 278 g/mol. The normalized spacial score (nSPS) is 13.4. The van der Waals surface area contributed by atoms with Gasteiger partial charge in [-0.2, -0.15) is 0 Å². The van der Waals surface area contributed by atoms with Crippen LogP contribution in [0, 0.1) is 0 Å². The Hall–Kier alpha value is -0.780. The van der Waals surface area contributed by atoms with E-state index in [0.717, 1.165) is 0 Å². The molecule has 0 radical (unpaired) electrons. The van der Waals surface area contributed by atoms with Crippen molar-refractivity contribution in [3.05, 3.63) is 23.2 Å². The molecule has 0 heterocycles. The van der Waals surface area contributed by atoms with E-state index in [1.807, 2.05) is 6.92 Å². The van der Waals surface area contributed by atoms with Crippen molar-refractivity contribution < 1.29 is 13.2 Å². The first kappa shape index (κ1) is 14.3. The van der Waals surface area contributed by atoms with Crippen LogP contribution >= 0.6 is 11.6 Å². The topological polar surface area (TPSA) is 55.4 Å². The summed E-state index contributed by atoms with van der Waals surface area (Å²) in [7, 11) is -2.17. The molecule has 0 aromatic heterocycles. The van der Waals surface area contributed by atoms with E-state index in [2.05, 4.69) is 4.72 Å². The predicted molar refractivity (Wildman–Crippen MR) is 68.1 cm³/mol. The molecule has 1 atom stereocenters. The molecule has 0 aliphatic carbocycles. The average Bonchev–Trinajstić information content (AvgIpc) is 2.28. The molecule has 0 spiro atoms. The Bertz CT molecular complexity index is 487. The van der Waals surface area contributed by atoms with Gasteiger partial charge in [0.05, 0.1) is 7.11 Å². The summed E-state index contributed by atoms with van der Waals surface area (Å²) in [5, 5.41) is 0.357. The number of rotatable bonds is 5. The highest BCUT2D eigenvalue weighted by Crippen LogP contribution is 2.27. The molecular formula is C11H16ClNO3S. The quantitative estimate of drug-likeness (QED) is 0.899. The first-order chi connectivity index (χ1) is 7.90. The molecule has 1 rings (SSSR count). The third kappa shape index (κ3) is 3.59. The fourth-order valence-corrected chi connectivity index (χ4v) is 3.03. The van der Waals surface area contributed by atoms with Gasteiger partial charge in [-0.05, 0) is 31.5 Å². The third-order valence-corrected chi connectivity index (χ3v) is 4.23. The summed E-state index contributed by atoms with van der Waals surface area (Å²) >= 11 is 5.80. The summed E-state index contributed by atoms with van der Waals surface area (Å²) < 4.78 is 31.7. The van der Waals surface area contributed by atoms with Crippen molar-refractivity contribution in [1.82, 2.24) is 4.72 Å². The molecule has 17 heavy (non-hydrogen) atoms. The van der Waals surface area contributed by atoms with Gasteiger partial charge < -0.3 is 4.74 Å². The minimum atomic E-state index is -3.60. The van der Waals surface area contributed by atoms with Crippen LogP contribution in [0.5, 0.6) is 5.75 Å². The summed E-state index contributed by atoms with van der Waals surface area (Å²) in [6.07, 6.45) is 0.710. The Labute approximate surface area is 107 Å². The van der Waals surface area contributed by atoms with Gasteiger partial charge >= 0.3 is 0 Å². The second-order valence-electron chi connectivity index (χ2n) is 3.73. The maximum atomic E-state index is 12.1. The summed E-state index contributed by atoms with van der Waals surface area (Å²) in [6, 6.07) is 4.37. The van der Waals surface area contributed by atoms with Crippen LogP contribution in [0.15, 0.2) is 23.1 Å². The number of ether oxygens (including phenoxy) is 1. The lowest BCUT2D eigenvalue weighted by molar-refractivity contribution is 0.402. The van der Waals surface area contributed by atoms with Crippen LogP contribution in [0.1, 0.15) is 20.3 Å². The summed E-state index contributed by atoms with van der Waals surface area (Å²) in [6.45, 7) is 3.71. The Morgan fingerprint density at radius 3 is 2.65 bits per heavy atom. The van der Waals surface area contributed by atoms with Gasteiger partial charge in [0.15, 0.2) is 0 Å². The van der Waals surface area contributed by atoms with Gasteiger partial charge in [-0.1, -0.05) is 18.5 Å². The molecule has 0 saturated heterocycles. The molecule has 0 fully saturated rings. The van der Waals surface area contributed by atoms with Gasteiger partial charge in [0.1, 0.15) is 10.6 Å². The number of nitrogens with one attached hydrogen (secondary N) is 1. The molecule has 1 aromatic rings. The minimum absolute atomic E-state index is 0.0628. The lowest BCUT2D eigenvalue weighted by atomic mass is 10.3. The molecular weight excluding hydrogens is 262 g/mol. The van der Waals surface area contributed by atoms with E-state index in [1.165, 1.54) is 19.2 Å². The first-order valence-corrected chi connectivity index (χ1v) is 7.12. The molecule has 6 heteroatoms. The van der Waals surface area contributed by atoms with Crippen LogP contribution in [-0.2, 0) is 10.0 Å². The number of hydrogen-bond acceptors (Lipinski definition) is 3. The Kier molecular flexibility index (Phi) is 4.80. The molecule has 0 aliphatic heterocycles. The van der Waals surface area contributed by atoms with Crippen molar-refractivity contribution in [3.8, 4) is 5.75 Å². The lowest BCUT2D eigenvalue weighted by Crippen LogP contribution is -2.32. The van der Waals surface area contributed by atoms with Gasteiger partial charge in [-0.25, -0.2) is 13.1 Å². The molecule has 96 valence electrons. The van der Waals surface area contributed by atoms with E-state index in [1.54, 1.807) is 13.0 Å². The van der Waals surface area contributed by atoms with Crippen LogP contribution in [0.25, 0.3) is 0 Å². The zero-order valence-corrected chi connectivity index (χ0v) is 11.6. The smallest absolute Gasteiger partial charge is 0.244 e. The largest absolute Gasteiger partial charge is 0.495 e. The van der Waals surface area contributed by atoms with Gasteiger partial charge in [0, 0.05) is 11.1 Å². The van der Waals surface area contributed by atoms with E-state index in [4.69, 9.17) is 16.3 Å². The first-order valence-electron chi connectivity index (χ1n) is 5.26. The number of benzene rings is 1. The second-order valence-corrected chi connectivity index (χ2v) is 5.84. The summed E-state index contributed by atoms with van der Waals surface area (Å²) in [5.41, 5.74) is 0. The van der Waals surface area contributed by atoms with Crippen molar-refractivity contribution in [2.45, 2.75) is 31.2 Å². The highest BCUT2D eigenvalue weighted by atomic mass is 35.5. The van der Waals surface area contributed by atoms with Gasteiger partial charge in [0.25, 0.3) is 0 Å². The van der Waals surface area contributed by atoms with Crippen molar-refractivity contribution in [3.63, 3.8) is 0 Å². The molecule has 0 amide bonds. The van der Waals surface area contributed by atoms with Crippen LogP contribution in [-0.4, -0.2) is 21.6 Å². The fraction of sp³-hybridized carbons (Fsp3) is 0.455. The lowest BCUT2D eigenvalue weighted by Gasteiger charge is -2.14. The van der Waals surface area contributed by atoms with Crippen molar-refractivity contribution in [2.75, 3.05) is 7.11 Å². The highest BCUT2D eigenvalue weighted by Gasteiger charge is 2.21. The summed E-state index contributed by atoms with van der Waals surface area (Å²) in [5.74, 6) is 0.283. The maximum absolute atomic E-state index is 12.1. The van der Waals surface area contributed by atoms with E-state index in [-0.39, 0.29) is 16.7 Å². The van der Waals surface area contributed by atoms with Crippen molar-refractivity contribution >= 4 is 21.6 Å². The minimum Gasteiger partial charge on any atom is -0.495 e. The molecule has 1 N–H and O–H groups in total. The van der Waals surface area contributed by atoms with Gasteiger partial charge in [0.2, 0.25) is 10.0 Å². The maximum Gasteiger partial charge on any atom is 0.244 e. The number of sulfonamides is 1. The SMILES string of the molecule is CC[C@H](C)NS(=O)(=O)c1cc(Cl)ccc1OC. The van der Waals surface area contributed by atoms with Crippen LogP contribution < -0.4 is 9.46 Å². The predicted octanol–water partition coefficient (Wildman–Crippen LogP) is 2.43. The number of methoxy groups -OCH3 is 1. The molecule has 4 nitrogen and oxygen atoms in total. The summed E-state index contributed by atoms with van der Waals surface area (Å²) in [4.78, 5) is 0.0628. The zero-order valence-electron chi connectivity index (χ0n) is 10.0. The van der Waals surface area contributed by atoms with Crippen LogP contribution in [0.3, 0.4) is 0 Å². The van der Waals surface area contributed by atoms with E-state index in [9.17, 15) is 8.42 Å².